The van der Waals surface area contributed by atoms with Gasteiger partial charge in [-0.15, -0.1) is 34.0 Å². The van der Waals surface area contributed by atoms with Gasteiger partial charge in [-0.25, -0.2) is 19.7 Å². The highest BCUT2D eigenvalue weighted by atomic mass is 33.1. The molecule has 0 spiro atoms. The number of benzene rings is 7. The second-order valence-electron chi connectivity index (χ2n) is 14.2. The summed E-state index contributed by atoms with van der Waals surface area (Å²) in [4.78, 5) is 69.2. The van der Waals surface area contributed by atoms with Crippen molar-refractivity contribution in [1.29, 1.82) is 0 Å². The number of hydrogen-bond acceptors (Lipinski definition) is 13. The SMILES string of the molecule is O=C(O)c1cccc2c(=O)c3ccccc3[nH]c12.O=C(Sc1nc2ccccc2s1)c1cccc2c(=O)c3ccccc3[nH]c12.c1ccc2sc(SSc3nc4ccccc4s3)nc2c1. The molecule has 3 N–H and O–H groups in total. The third kappa shape index (κ3) is 8.79. The van der Waals surface area contributed by atoms with E-state index in [1.807, 2.05) is 54.6 Å². The first-order chi connectivity index (χ1) is 31.8. The fourth-order valence-corrected chi connectivity index (χ4v) is 13.6. The number of nitrogens with zero attached hydrogens (tertiary/aromatic N) is 3. The molecule has 5 heterocycles. The van der Waals surface area contributed by atoms with Crippen LogP contribution in [-0.2, 0) is 0 Å². The first-order valence-corrected chi connectivity index (χ1v) is 25.1. The van der Waals surface area contributed by atoms with Crippen molar-refractivity contribution in [2.45, 2.75) is 13.0 Å². The number of carbonyl (C=O) groups is 2. The predicted octanol–water partition coefficient (Wildman–Crippen LogP) is 13.3. The predicted molar refractivity (Wildman–Crippen MR) is 272 cm³/mol. The summed E-state index contributed by atoms with van der Waals surface area (Å²) in [5, 5.41) is 11.1. The van der Waals surface area contributed by atoms with Gasteiger partial charge in [0.05, 0.1) is 52.8 Å². The molecule has 12 rings (SSSR count). The smallest absolute Gasteiger partial charge is 0.337 e. The van der Waals surface area contributed by atoms with Gasteiger partial charge in [-0.05, 0) is 118 Å². The van der Waals surface area contributed by atoms with Gasteiger partial charge in [0.15, 0.2) is 23.9 Å². The fraction of sp³-hybridized carbons (Fsp3) is 0. The van der Waals surface area contributed by atoms with Crippen molar-refractivity contribution in [3.8, 4) is 0 Å². The van der Waals surface area contributed by atoms with E-state index in [0.29, 0.717) is 48.0 Å². The van der Waals surface area contributed by atoms with Crippen LogP contribution in [0.15, 0.2) is 180 Å². The number of H-pyrrole nitrogens is 2. The molecule has 0 unspecified atom stereocenters. The molecule has 10 nitrogen and oxygen atoms in total. The number of nitrogens with one attached hydrogen (secondary N) is 2. The Hall–Kier alpha value is -6.66. The Morgan fingerprint density at radius 3 is 1.31 bits per heavy atom. The van der Waals surface area contributed by atoms with Crippen molar-refractivity contribution < 1.29 is 14.7 Å². The Kier molecular flexibility index (Phi) is 12.0. The fourth-order valence-electron chi connectivity index (χ4n) is 7.11. The van der Waals surface area contributed by atoms with Crippen LogP contribution in [0.2, 0.25) is 0 Å². The summed E-state index contributed by atoms with van der Waals surface area (Å²) in [5.74, 6) is -1.05. The lowest BCUT2D eigenvalue weighted by atomic mass is 10.1. The Morgan fingerprint density at radius 1 is 0.446 bits per heavy atom. The largest absolute Gasteiger partial charge is 0.478 e. The van der Waals surface area contributed by atoms with Crippen molar-refractivity contribution in [3.63, 3.8) is 0 Å². The van der Waals surface area contributed by atoms with Crippen LogP contribution >= 0.6 is 67.4 Å². The van der Waals surface area contributed by atoms with Crippen LogP contribution < -0.4 is 10.9 Å². The van der Waals surface area contributed by atoms with E-state index in [1.165, 1.54) is 26.8 Å². The van der Waals surface area contributed by atoms with Crippen LogP contribution in [0.3, 0.4) is 0 Å². The van der Waals surface area contributed by atoms with E-state index in [0.717, 1.165) is 47.2 Å². The van der Waals surface area contributed by atoms with Crippen LogP contribution in [0, 0.1) is 0 Å². The number of rotatable bonds is 6. The number of aromatic nitrogens is 5. The molecule has 12 aromatic rings. The molecule has 0 fully saturated rings. The zero-order chi connectivity index (χ0) is 44.4. The van der Waals surface area contributed by atoms with Crippen LogP contribution in [0.5, 0.6) is 0 Å². The molecule has 0 bridgehead atoms. The average molecular weight is 960 g/mol. The van der Waals surface area contributed by atoms with Gasteiger partial charge in [-0.2, -0.15) is 0 Å². The third-order valence-corrected chi connectivity index (χ3v) is 17.2. The van der Waals surface area contributed by atoms with E-state index in [2.05, 4.69) is 61.3 Å². The second-order valence-corrected chi connectivity index (χ2v) is 21.1. The zero-order valence-electron chi connectivity index (χ0n) is 33.4. The van der Waals surface area contributed by atoms with Crippen molar-refractivity contribution in [2.75, 3.05) is 0 Å². The van der Waals surface area contributed by atoms with Crippen molar-refractivity contribution in [1.82, 2.24) is 24.9 Å². The second kappa shape index (κ2) is 18.4. The van der Waals surface area contributed by atoms with Crippen molar-refractivity contribution in [3.05, 3.63) is 189 Å². The van der Waals surface area contributed by atoms with Gasteiger partial charge in [0, 0.05) is 32.6 Å². The molecular weight excluding hydrogens is 931 g/mol. The van der Waals surface area contributed by atoms with Crippen molar-refractivity contribution in [2.24, 2.45) is 0 Å². The summed E-state index contributed by atoms with van der Waals surface area (Å²) in [5.41, 5.74) is 5.71. The number of thiazole rings is 3. The van der Waals surface area contributed by atoms with Gasteiger partial charge in [-0.1, -0.05) is 72.8 Å². The highest BCUT2D eigenvalue weighted by Crippen LogP contribution is 2.43. The number of thioether (sulfide) groups is 1. The van der Waals surface area contributed by atoms with E-state index in [4.69, 9.17) is 5.11 Å². The normalized spacial score (nSPS) is 11.3. The zero-order valence-corrected chi connectivity index (χ0v) is 38.3. The topological polar surface area (TPSA) is 159 Å². The van der Waals surface area contributed by atoms with E-state index in [9.17, 15) is 19.2 Å². The van der Waals surface area contributed by atoms with Gasteiger partial charge in [-0.3, -0.25) is 14.4 Å². The number of carboxylic acid groups (broad SMARTS) is 1. The minimum absolute atomic E-state index is 0.0704. The van der Waals surface area contributed by atoms with Gasteiger partial charge in [0.25, 0.3) is 0 Å². The number of aromatic carboxylic acids is 1. The molecular formula is C49H29N5O5S6. The number of aromatic amines is 2. The summed E-state index contributed by atoms with van der Waals surface area (Å²) < 4.78 is 6.37. The Bertz CT molecular complexity index is 3740. The molecule has 0 atom stereocenters. The Balaban J connectivity index is 0.000000118. The number of hydrogen-bond donors (Lipinski definition) is 3. The summed E-state index contributed by atoms with van der Waals surface area (Å²) in [6.07, 6.45) is 0. The van der Waals surface area contributed by atoms with Gasteiger partial charge in [0.1, 0.15) is 0 Å². The highest BCUT2D eigenvalue weighted by Gasteiger charge is 2.18. The molecule has 0 aliphatic heterocycles. The van der Waals surface area contributed by atoms with Crippen LogP contribution in [0.1, 0.15) is 20.7 Å². The van der Waals surface area contributed by atoms with Crippen LogP contribution in [0.25, 0.3) is 74.3 Å². The average Bonchev–Trinajstić information content (AvgIpc) is 4.07. The molecule has 7 aromatic carbocycles. The van der Waals surface area contributed by atoms with Crippen LogP contribution in [-0.4, -0.2) is 41.1 Å². The maximum absolute atomic E-state index is 13.0. The Labute approximate surface area is 391 Å². The van der Waals surface area contributed by atoms with Gasteiger partial charge >= 0.3 is 5.97 Å². The number of carboxylic acids is 1. The molecule has 0 aliphatic carbocycles. The number of para-hydroxylation sites is 7. The lowest BCUT2D eigenvalue weighted by molar-refractivity contribution is 0.0698. The first-order valence-electron chi connectivity index (χ1n) is 19.7. The number of fused-ring (bicyclic) bond motifs is 7. The molecule has 0 amide bonds. The van der Waals surface area contributed by atoms with E-state index < -0.39 is 5.97 Å². The summed E-state index contributed by atoms with van der Waals surface area (Å²) in [6.45, 7) is 0. The minimum Gasteiger partial charge on any atom is -0.478 e. The monoisotopic (exact) mass is 959 g/mol. The molecule has 0 aliphatic rings. The molecule has 65 heavy (non-hydrogen) atoms. The van der Waals surface area contributed by atoms with Gasteiger partial charge in [0.2, 0.25) is 5.12 Å². The lowest BCUT2D eigenvalue weighted by Crippen LogP contribution is -2.07. The maximum atomic E-state index is 13.0. The quantitative estimate of drug-likeness (QED) is 0.0827. The summed E-state index contributed by atoms with van der Waals surface area (Å²) in [6, 6.07) is 48.6. The van der Waals surface area contributed by atoms with Crippen LogP contribution in [0.4, 0.5) is 0 Å². The first kappa shape index (κ1) is 42.3. The summed E-state index contributed by atoms with van der Waals surface area (Å²) >= 11 is 6.05. The van der Waals surface area contributed by atoms with E-state index in [-0.39, 0.29) is 21.5 Å². The third-order valence-electron chi connectivity index (χ3n) is 10.1. The standard InChI is InChI=1S/C21H12N2O2S2.C14H8N2S4.C14H9NO3/c24-19-12-6-1-2-9-15(12)22-18-13(19)7-5-8-14(18)20(25)27-21-23-16-10-3-4-11-17(16)26-21;1-3-7-11-9(5-1)15-13(17-11)19-20-14-16-10-6-2-4-8-12(10)18-14;16-13-8-4-1-2-7-11(8)15-12-9(13)5-3-6-10(12)14(17)18/h1-11H,(H,22,24);1-8H;1-7H,(H,15,16)(H,17,18). The molecule has 5 aromatic heterocycles. The minimum atomic E-state index is -1.05. The molecule has 0 saturated heterocycles. The molecule has 0 saturated carbocycles. The van der Waals surface area contributed by atoms with Crippen molar-refractivity contribution >= 4 is 153 Å². The highest BCUT2D eigenvalue weighted by molar-refractivity contribution is 8.77. The molecule has 316 valence electrons. The maximum Gasteiger partial charge on any atom is 0.337 e. The number of pyridine rings is 2. The number of carbonyl (C=O) groups excluding carboxylic acids is 1. The molecule has 0 radical (unpaired) electrons. The Morgan fingerprint density at radius 2 is 0.831 bits per heavy atom. The lowest BCUT2D eigenvalue weighted by Gasteiger charge is -2.06. The summed E-state index contributed by atoms with van der Waals surface area (Å²) in [7, 11) is 3.37. The molecule has 16 heteroatoms. The van der Waals surface area contributed by atoms with E-state index in [1.54, 1.807) is 105 Å². The van der Waals surface area contributed by atoms with E-state index >= 15 is 0 Å². The van der Waals surface area contributed by atoms with Gasteiger partial charge < -0.3 is 15.1 Å².